The summed E-state index contributed by atoms with van der Waals surface area (Å²) < 4.78 is 11.0. The van der Waals surface area contributed by atoms with Gasteiger partial charge in [-0.15, -0.1) is 0 Å². The molecule has 0 bridgehead atoms. The van der Waals surface area contributed by atoms with Crippen molar-refractivity contribution in [3.8, 4) is 11.5 Å². The molecule has 0 unspecified atom stereocenters. The van der Waals surface area contributed by atoms with Crippen LogP contribution < -0.4 is 9.47 Å². The van der Waals surface area contributed by atoms with Gasteiger partial charge in [0, 0.05) is 18.6 Å². The maximum atomic E-state index is 12.1. The van der Waals surface area contributed by atoms with E-state index in [0.717, 1.165) is 17.7 Å². The van der Waals surface area contributed by atoms with E-state index in [2.05, 4.69) is 0 Å². The molecule has 1 aliphatic heterocycles. The SMILES string of the molecule is CCc1cc2c(cc1C(=O)CCCO)OCCO2. The quantitative estimate of drug-likeness (QED) is 0.812. The summed E-state index contributed by atoms with van der Waals surface area (Å²) in [4.78, 5) is 12.1. The van der Waals surface area contributed by atoms with E-state index in [9.17, 15) is 4.79 Å². The van der Waals surface area contributed by atoms with Crippen LogP contribution in [0.15, 0.2) is 12.1 Å². The summed E-state index contributed by atoms with van der Waals surface area (Å²) in [6, 6.07) is 3.66. The highest BCUT2D eigenvalue weighted by atomic mass is 16.6. The summed E-state index contributed by atoms with van der Waals surface area (Å²) in [5.74, 6) is 1.42. The molecule has 0 radical (unpaired) electrons. The molecule has 0 aromatic heterocycles. The highest BCUT2D eigenvalue weighted by Crippen LogP contribution is 2.34. The Balaban J connectivity index is 2.30. The Morgan fingerprint density at radius 1 is 1.28 bits per heavy atom. The van der Waals surface area contributed by atoms with Crippen molar-refractivity contribution in [3.63, 3.8) is 0 Å². The van der Waals surface area contributed by atoms with Crippen molar-refractivity contribution in [1.29, 1.82) is 0 Å². The molecule has 0 fully saturated rings. The first-order valence-electron chi connectivity index (χ1n) is 6.32. The van der Waals surface area contributed by atoms with Gasteiger partial charge < -0.3 is 14.6 Å². The van der Waals surface area contributed by atoms with Crippen molar-refractivity contribution >= 4 is 5.78 Å². The van der Waals surface area contributed by atoms with Gasteiger partial charge in [-0.1, -0.05) is 6.92 Å². The van der Waals surface area contributed by atoms with Crippen molar-refractivity contribution in [1.82, 2.24) is 0 Å². The zero-order valence-electron chi connectivity index (χ0n) is 10.6. The summed E-state index contributed by atoms with van der Waals surface area (Å²) in [5.41, 5.74) is 1.66. The Morgan fingerprint density at radius 3 is 2.56 bits per heavy atom. The minimum absolute atomic E-state index is 0.0394. The molecule has 18 heavy (non-hydrogen) atoms. The second-order valence-electron chi connectivity index (χ2n) is 4.26. The molecule has 1 aromatic rings. The second-order valence-corrected chi connectivity index (χ2v) is 4.26. The molecule has 1 aromatic carbocycles. The molecule has 2 rings (SSSR count). The van der Waals surface area contributed by atoms with Crippen LogP contribution in [0, 0.1) is 0 Å². The Hall–Kier alpha value is -1.55. The number of aryl methyl sites for hydroxylation is 1. The van der Waals surface area contributed by atoms with Crippen LogP contribution in [0.5, 0.6) is 11.5 Å². The van der Waals surface area contributed by atoms with E-state index < -0.39 is 0 Å². The van der Waals surface area contributed by atoms with Gasteiger partial charge in [0.15, 0.2) is 17.3 Å². The average molecular weight is 250 g/mol. The number of carbonyl (C=O) groups is 1. The van der Waals surface area contributed by atoms with Gasteiger partial charge in [-0.25, -0.2) is 0 Å². The van der Waals surface area contributed by atoms with Crippen LogP contribution in [-0.4, -0.2) is 30.7 Å². The highest BCUT2D eigenvalue weighted by molar-refractivity contribution is 5.98. The Bertz CT molecular complexity index is 440. The Morgan fingerprint density at radius 2 is 1.94 bits per heavy atom. The summed E-state index contributed by atoms with van der Waals surface area (Å²) >= 11 is 0. The number of aliphatic hydroxyl groups excluding tert-OH is 1. The van der Waals surface area contributed by atoms with E-state index in [0.29, 0.717) is 37.4 Å². The lowest BCUT2D eigenvalue weighted by Crippen LogP contribution is -2.17. The number of benzene rings is 1. The molecule has 0 amide bonds. The largest absolute Gasteiger partial charge is 0.486 e. The minimum Gasteiger partial charge on any atom is -0.486 e. The third-order valence-electron chi connectivity index (χ3n) is 3.01. The molecule has 1 aliphatic rings. The standard InChI is InChI=1S/C14H18O4/c1-2-10-8-13-14(18-7-6-17-13)9-11(10)12(16)4-3-5-15/h8-9,15H,2-7H2,1H3. The number of ketones is 1. The van der Waals surface area contributed by atoms with Gasteiger partial charge in [0.1, 0.15) is 13.2 Å². The summed E-state index contributed by atoms with van der Waals surface area (Å²) in [7, 11) is 0. The van der Waals surface area contributed by atoms with E-state index in [1.54, 1.807) is 6.07 Å². The number of hydrogen-bond acceptors (Lipinski definition) is 4. The molecule has 98 valence electrons. The van der Waals surface area contributed by atoms with Gasteiger partial charge >= 0.3 is 0 Å². The molecule has 1 N–H and O–H groups in total. The molecule has 4 nitrogen and oxygen atoms in total. The lowest BCUT2D eigenvalue weighted by atomic mass is 9.98. The van der Waals surface area contributed by atoms with Crippen molar-refractivity contribution in [2.75, 3.05) is 19.8 Å². The van der Waals surface area contributed by atoms with Crippen LogP contribution in [0.25, 0.3) is 0 Å². The lowest BCUT2D eigenvalue weighted by molar-refractivity contribution is 0.0969. The molecule has 0 spiro atoms. The zero-order valence-corrected chi connectivity index (χ0v) is 10.6. The zero-order chi connectivity index (χ0) is 13.0. The van der Waals surface area contributed by atoms with E-state index >= 15 is 0 Å². The number of aliphatic hydroxyl groups is 1. The minimum atomic E-state index is 0.0394. The molecular formula is C14H18O4. The fraction of sp³-hybridized carbons (Fsp3) is 0.500. The van der Waals surface area contributed by atoms with Gasteiger partial charge in [0.2, 0.25) is 0 Å². The molecule has 0 atom stereocenters. The fourth-order valence-corrected chi connectivity index (χ4v) is 2.06. The number of fused-ring (bicyclic) bond motifs is 1. The summed E-state index contributed by atoms with van der Waals surface area (Å²) in [5, 5.41) is 8.78. The van der Waals surface area contributed by atoms with Crippen LogP contribution in [0.4, 0.5) is 0 Å². The maximum absolute atomic E-state index is 12.1. The van der Waals surface area contributed by atoms with Crippen LogP contribution in [0.3, 0.4) is 0 Å². The van der Waals surface area contributed by atoms with Crippen molar-refractivity contribution in [3.05, 3.63) is 23.3 Å². The predicted octanol–water partition coefficient (Wildman–Crippen LogP) is 1.98. The van der Waals surface area contributed by atoms with Crippen LogP contribution >= 0.6 is 0 Å². The maximum Gasteiger partial charge on any atom is 0.163 e. The average Bonchev–Trinajstić information content (AvgIpc) is 2.43. The van der Waals surface area contributed by atoms with Gasteiger partial charge in [-0.3, -0.25) is 4.79 Å². The van der Waals surface area contributed by atoms with Crippen molar-refractivity contribution in [2.24, 2.45) is 0 Å². The van der Waals surface area contributed by atoms with E-state index in [1.807, 2.05) is 13.0 Å². The van der Waals surface area contributed by atoms with E-state index in [-0.39, 0.29) is 12.4 Å². The first kappa shape index (κ1) is 12.9. The number of rotatable bonds is 5. The molecular weight excluding hydrogens is 232 g/mol. The van der Waals surface area contributed by atoms with Crippen LogP contribution in [0.2, 0.25) is 0 Å². The van der Waals surface area contributed by atoms with Crippen molar-refractivity contribution < 1.29 is 19.4 Å². The van der Waals surface area contributed by atoms with Crippen molar-refractivity contribution in [2.45, 2.75) is 26.2 Å². The number of hydrogen-bond donors (Lipinski definition) is 1. The molecule has 0 saturated heterocycles. The normalized spacial score (nSPS) is 13.4. The monoisotopic (exact) mass is 250 g/mol. The van der Waals surface area contributed by atoms with Gasteiger partial charge in [-0.2, -0.15) is 0 Å². The van der Waals surface area contributed by atoms with E-state index in [1.165, 1.54) is 0 Å². The number of Topliss-reactive ketones (excluding diaryl/α,β-unsaturated/α-hetero) is 1. The lowest BCUT2D eigenvalue weighted by Gasteiger charge is -2.20. The summed E-state index contributed by atoms with van der Waals surface area (Å²) in [6.07, 6.45) is 1.64. The van der Waals surface area contributed by atoms with Gasteiger partial charge in [-0.05, 0) is 30.5 Å². The number of ether oxygens (including phenoxy) is 2. The van der Waals surface area contributed by atoms with Gasteiger partial charge in [0.05, 0.1) is 0 Å². The third kappa shape index (κ3) is 2.64. The molecule has 0 saturated carbocycles. The second kappa shape index (κ2) is 5.87. The highest BCUT2D eigenvalue weighted by Gasteiger charge is 2.18. The molecule has 4 heteroatoms. The third-order valence-corrected chi connectivity index (χ3v) is 3.01. The topological polar surface area (TPSA) is 55.8 Å². The van der Waals surface area contributed by atoms with E-state index in [4.69, 9.17) is 14.6 Å². The first-order chi connectivity index (χ1) is 8.76. The molecule has 0 aliphatic carbocycles. The van der Waals surface area contributed by atoms with Crippen LogP contribution in [0.1, 0.15) is 35.7 Å². The Kier molecular flexibility index (Phi) is 4.20. The molecule has 1 heterocycles. The van der Waals surface area contributed by atoms with Crippen LogP contribution in [-0.2, 0) is 6.42 Å². The smallest absolute Gasteiger partial charge is 0.163 e. The Labute approximate surface area is 107 Å². The first-order valence-corrected chi connectivity index (χ1v) is 6.32. The number of carbonyl (C=O) groups excluding carboxylic acids is 1. The summed E-state index contributed by atoms with van der Waals surface area (Å²) in [6.45, 7) is 3.11. The predicted molar refractivity (Wildman–Crippen MR) is 67.5 cm³/mol. The fourth-order valence-electron chi connectivity index (χ4n) is 2.06. The van der Waals surface area contributed by atoms with Gasteiger partial charge in [0.25, 0.3) is 0 Å².